The first-order chi connectivity index (χ1) is 9.01. The number of hydrogen-bond donors (Lipinski definition) is 3. The van der Waals surface area contributed by atoms with Crippen molar-refractivity contribution in [3.8, 4) is 11.5 Å². The van der Waals surface area contributed by atoms with Crippen LogP contribution in [0.5, 0.6) is 11.5 Å². The Bertz CT molecular complexity index is 603. The summed E-state index contributed by atoms with van der Waals surface area (Å²) in [4.78, 5) is 22.1. The third-order valence-corrected chi connectivity index (χ3v) is 2.50. The van der Waals surface area contributed by atoms with E-state index in [0.29, 0.717) is 17.5 Å². The molecule has 19 heavy (non-hydrogen) atoms. The highest BCUT2D eigenvalue weighted by Crippen LogP contribution is 2.32. The normalized spacial score (nSPS) is 16.3. The van der Waals surface area contributed by atoms with Crippen LogP contribution in [0.1, 0.15) is 11.1 Å². The Hall–Kier alpha value is -2.76. The number of carbonyl (C=O) groups is 2. The molecule has 0 saturated carbocycles. The smallest absolute Gasteiger partial charge is 0.419 e. The summed E-state index contributed by atoms with van der Waals surface area (Å²) < 4.78 is 4.64. The number of rotatable bonds is 3. The van der Waals surface area contributed by atoms with E-state index in [1.165, 1.54) is 12.1 Å². The highest BCUT2D eigenvalue weighted by Gasteiger charge is 2.26. The number of benzene rings is 1. The molecule has 1 fully saturated rings. The molecule has 0 radical (unpaired) electrons. The summed E-state index contributed by atoms with van der Waals surface area (Å²) in [6.07, 6.45) is 2.37. The zero-order chi connectivity index (χ0) is 14.0. The highest BCUT2D eigenvalue weighted by atomic mass is 16.6. The molecule has 0 bridgehead atoms. The molecule has 1 saturated heterocycles. The molecular formula is C13H11NO5. The lowest BCUT2D eigenvalue weighted by atomic mass is 10.1. The number of cyclic esters (lactones) is 1. The summed E-state index contributed by atoms with van der Waals surface area (Å²) in [5.74, 6) is -1.38. The van der Waals surface area contributed by atoms with Crippen molar-refractivity contribution in [1.29, 1.82) is 0 Å². The number of hydrogen-bond acceptors (Lipinski definition) is 5. The van der Waals surface area contributed by atoms with Crippen molar-refractivity contribution in [2.75, 3.05) is 0 Å². The lowest BCUT2D eigenvalue weighted by Gasteiger charge is -2.06. The number of allylic oxidation sites excluding steroid dienone is 1. The Balaban J connectivity index is 2.41. The van der Waals surface area contributed by atoms with E-state index in [1.54, 1.807) is 12.1 Å². The van der Waals surface area contributed by atoms with Gasteiger partial charge in [0.15, 0.2) is 17.3 Å². The van der Waals surface area contributed by atoms with E-state index < -0.39 is 12.0 Å². The molecular weight excluding hydrogens is 250 g/mol. The number of alkyl carbamates (subject to hydrolysis) is 1. The van der Waals surface area contributed by atoms with Crippen molar-refractivity contribution >= 4 is 18.1 Å². The minimum atomic E-state index is -0.842. The number of imide groups is 1. The summed E-state index contributed by atoms with van der Waals surface area (Å²) in [6.45, 7) is 3.54. The molecule has 1 heterocycles. The first-order valence-electron chi connectivity index (χ1n) is 5.42. The molecule has 1 aliphatic rings. The van der Waals surface area contributed by atoms with Gasteiger partial charge in [-0.3, -0.25) is 10.1 Å². The Kier molecular flexibility index (Phi) is 3.24. The van der Waals surface area contributed by atoms with Gasteiger partial charge in [0.05, 0.1) is 0 Å². The minimum Gasteiger partial charge on any atom is -0.504 e. The molecule has 0 aliphatic carbocycles. The molecule has 6 nitrogen and oxygen atoms in total. The van der Waals surface area contributed by atoms with Crippen molar-refractivity contribution in [3.05, 3.63) is 41.7 Å². The largest absolute Gasteiger partial charge is 0.504 e. The zero-order valence-electron chi connectivity index (χ0n) is 9.84. The third-order valence-electron chi connectivity index (χ3n) is 2.50. The Morgan fingerprint density at radius 1 is 1.32 bits per heavy atom. The summed E-state index contributed by atoms with van der Waals surface area (Å²) in [5, 5.41) is 21.2. The van der Waals surface area contributed by atoms with Crippen LogP contribution in [-0.2, 0) is 16.0 Å². The molecule has 2 rings (SSSR count). The fourth-order valence-corrected chi connectivity index (χ4v) is 1.67. The van der Waals surface area contributed by atoms with Crippen LogP contribution >= 0.6 is 0 Å². The molecule has 3 N–H and O–H groups in total. The maximum Gasteiger partial charge on any atom is 0.419 e. The number of ether oxygens (including phenoxy) is 1. The van der Waals surface area contributed by atoms with Crippen LogP contribution in [0, 0.1) is 0 Å². The van der Waals surface area contributed by atoms with Gasteiger partial charge >= 0.3 is 6.09 Å². The van der Waals surface area contributed by atoms with Crippen LogP contribution < -0.4 is 5.32 Å². The summed E-state index contributed by atoms with van der Waals surface area (Å²) in [5.41, 5.74) is 0.874. The molecule has 0 spiro atoms. The SMILES string of the molecule is C=CCc1cc(/C=C2\OC(=O)NC2=O)cc(O)c1O. The van der Waals surface area contributed by atoms with Crippen LogP contribution in [0.15, 0.2) is 30.5 Å². The average molecular weight is 261 g/mol. The molecule has 1 aromatic rings. The minimum absolute atomic E-state index is 0.167. The molecule has 1 aliphatic heterocycles. The fraction of sp³-hybridized carbons (Fsp3) is 0.0769. The van der Waals surface area contributed by atoms with Crippen LogP contribution in [0.3, 0.4) is 0 Å². The van der Waals surface area contributed by atoms with Gasteiger partial charge in [0.25, 0.3) is 5.91 Å². The first kappa shape index (κ1) is 12.7. The van der Waals surface area contributed by atoms with Gasteiger partial charge in [-0.1, -0.05) is 6.08 Å². The lowest BCUT2D eigenvalue weighted by Crippen LogP contribution is -2.18. The van der Waals surface area contributed by atoms with Crippen molar-refractivity contribution in [1.82, 2.24) is 5.32 Å². The molecule has 0 atom stereocenters. The molecule has 0 unspecified atom stereocenters. The third kappa shape index (κ3) is 2.57. The second-order valence-corrected chi connectivity index (χ2v) is 3.89. The van der Waals surface area contributed by atoms with Crippen LogP contribution in [0.4, 0.5) is 4.79 Å². The molecule has 1 aromatic carbocycles. The van der Waals surface area contributed by atoms with Crippen LogP contribution in [0.25, 0.3) is 6.08 Å². The maximum atomic E-state index is 11.3. The number of amides is 2. The predicted octanol–water partition coefficient (Wildman–Crippen LogP) is 1.43. The van der Waals surface area contributed by atoms with Crippen molar-refractivity contribution in [2.24, 2.45) is 0 Å². The van der Waals surface area contributed by atoms with Crippen LogP contribution in [-0.4, -0.2) is 22.2 Å². The van der Waals surface area contributed by atoms with Gasteiger partial charge in [0.2, 0.25) is 0 Å². The molecule has 2 amide bonds. The number of phenolic OH excluding ortho intramolecular Hbond substituents is 2. The second-order valence-electron chi connectivity index (χ2n) is 3.89. The van der Waals surface area contributed by atoms with Crippen molar-refractivity contribution in [2.45, 2.75) is 6.42 Å². The monoisotopic (exact) mass is 261 g/mol. The van der Waals surface area contributed by atoms with E-state index in [0.717, 1.165) is 0 Å². The Morgan fingerprint density at radius 2 is 2.05 bits per heavy atom. The summed E-state index contributed by atoms with van der Waals surface area (Å²) in [6, 6.07) is 2.82. The average Bonchev–Trinajstić information content (AvgIpc) is 2.64. The summed E-state index contributed by atoms with van der Waals surface area (Å²) >= 11 is 0. The first-order valence-corrected chi connectivity index (χ1v) is 5.42. The fourth-order valence-electron chi connectivity index (χ4n) is 1.67. The summed E-state index contributed by atoms with van der Waals surface area (Å²) in [7, 11) is 0. The quantitative estimate of drug-likeness (QED) is 0.434. The Morgan fingerprint density at radius 3 is 2.63 bits per heavy atom. The predicted molar refractivity (Wildman–Crippen MR) is 66.3 cm³/mol. The topological polar surface area (TPSA) is 95.9 Å². The van der Waals surface area contributed by atoms with E-state index in [1.807, 2.05) is 5.32 Å². The number of nitrogens with one attached hydrogen (secondary N) is 1. The van der Waals surface area contributed by atoms with Crippen molar-refractivity contribution in [3.63, 3.8) is 0 Å². The highest BCUT2D eigenvalue weighted by molar-refractivity contribution is 6.09. The van der Waals surface area contributed by atoms with Gasteiger partial charge in [-0.15, -0.1) is 6.58 Å². The van der Waals surface area contributed by atoms with Gasteiger partial charge in [0.1, 0.15) is 0 Å². The molecule has 0 aromatic heterocycles. The second kappa shape index (κ2) is 4.85. The maximum absolute atomic E-state index is 11.3. The van der Waals surface area contributed by atoms with E-state index in [9.17, 15) is 19.8 Å². The number of phenols is 2. The van der Waals surface area contributed by atoms with Gasteiger partial charge < -0.3 is 14.9 Å². The van der Waals surface area contributed by atoms with E-state index in [-0.39, 0.29) is 17.3 Å². The molecule has 6 heteroatoms. The Labute approximate surface area is 108 Å². The van der Waals surface area contributed by atoms with Crippen LogP contribution in [0.2, 0.25) is 0 Å². The van der Waals surface area contributed by atoms with Gasteiger partial charge in [0, 0.05) is 5.56 Å². The van der Waals surface area contributed by atoms with E-state index in [4.69, 9.17) is 0 Å². The van der Waals surface area contributed by atoms with E-state index >= 15 is 0 Å². The van der Waals surface area contributed by atoms with Crippen molar-refractivity contribution < 1.29 is 24.5 Å². The number of aromatic hydroxyl groups is 2. The standard InChI is InChI=1S/C13H11NO5/c1-2-3-8-4-7(5-9(15)11(8)16)6-10-12(17)14-13(18)19-10/h2,4-6,15-16H,1,3H2,(H,14,17,18)/b10-6-. The van der Waals surface area contributed by atoms with E-state index in [2.05, 4.69) is 11.3 Å². The van der Waals surface area contributed by atoms with Gasteiger partial charge in [-0.05, 0) is 30.2 Å². The van der Waals surface area contributed by atoms with Gasteiger partial charge in [-0.2, -0.15) is 0 Å². The van der Waals surface area contributed by atoms with Gasteiger partial charge in [-0.25, -0.2) is 4.79 Å². The lowest BCUT2D eigenvalue weighted by molar-refractivity contribution is -0.116. The molecule has 98 valence electrons. The number of carbonyl (C=O) groups excluding carboxylic acids is 2. The zero-order valence-corrected chi connectivity index (χ0v) is 9.84.